The van der Waals surface area contributed by atoms with E-state index in [4.69, 9.17) is 14.6 Å². The number of carboxylic acids is 1. The number of amides is 2. The second-order valence-electron chi connectivity index (χ2n) is 10.5. The van der Waals surface area contributed by atoms with Gasteiger partial charge in [-0.05, 0) is 56.3 Å². The maximum Gasteiger partial charge on any atom is 0.490 e. The molecule has 0 aromatic heterocycles. The van der Waals surface area contributed by atoms with E-state index in [9.17, 15) is 32.3 Å². The molecule has 3 fully saturated rings. The lowest BCUT2D eigenvalue weighted by Gasteiger charge is -2.44. The molecule has 3 aliphatic heterocycles. The predicted octanol–water partition coefficient (Wildman–Crippen LogP) is 4.26. The summed E-state index contributed by atoms with van der Waals surface area (Å²) in [6.45, 7) is 4.27. The monoisotopic (exact) mass is 588 g/mol. The summed E-state index contributed by atoms with van der Waals surface area (Å²) in [6, 6.07) is 15.1. The van der Waals surface area contributed by atoms with Gasteiger partial charge in [0.25, 0.3) is 0 Å². The van der Waals surface area contributed by atoms with Crippen LogP contribution in [0.2, 0.25) is 0 Å². The van der Waals surface area contributed by atoms with Crippen LogP contribution in [0.5, 0.6) is 0 Å². The van der Waals surface area contributed by atoms with Gasteiger partial charge in [-0.2, -0.15) is 13.2 Å². The zero-order valence-electron chi connectivity index (χ0n) is 23.3. The van der Waals surface area contributed by atoms with Gasteiger partial charge in [-0.15, -0.1) is 0 Å². The number of carbonyl (C=O) groups excluding carboxylic acids is 4. The van der Waals surface area contributed by atoms with Crippen molar-refractivity contribution >= 4 is 29.5 Å². The van der Waals surface area contributed by atoms with Crippen molar-refractivity contribution in [2.75, 3.05) is 20.2 Å². The Bertz CT molecular complexity index is 1390. The lowest BCUT2D eigenvalue weighted by atomic mass is 9.75. The second-order valence-corrected chi connectivity index (χ2v) is 10.5. The van der Waals surface area contributed by atoms with Gasteiger partial charge in [-0.25, -0.2) is 4.79 Å². The van der Waals surface area contributed by atoms with Crippen LogP contribution in [-0.2, 0) is 23.9 Å². The van der Waals surface area contributed by atoms with Gasteiger partial charge in [0.05, 0.1) is 18.9 Å². The Balaban J connectivity index is 0.000000517. The molecule has 12 heteroatoms. The van der Waals surface area contributed by atoms with Crippen molar-refractivity contribution in [2.45, 2.75) is 50.9 Å². The van der Waals surface area contributed by atoms with E-state index in [2.05, 4.69) is 4.90 Å². The minimum atomic E-state index is -5.08. The number of fused-ring (bicyclic) bond motifs is 3. The van der Waals surface area contributed by atoms with Gasteiger partial charge in [0.1, 0.15) is 5.54 Å². The van der Waals surface area contributed by atoms with E-state index in [-0.39, 0.29) is 23.6 Å². The minimum absolute atomic E-state index is 0.0233. The summed E-state index contributed by atoms with van der Waals surface area (Å²) in [4.78, 5) is 64.1. The number of likely N-dealkylation sites (tertiary alicyclic amines) is 1. The fourth-order valence-electron chi connectivity index (χ4n) is 6.50. The molecule has 4 atom stereocenters. The number of hydrogen-bond donors (Lipinski definition) is 1. The number of aliphatic carboxylic acids is 1. The molecule has 3 heterocycles. The van der Waals surface area contributed by atoms with Gasteiger partial charge in [0.15, 0.2) is 5.78 Å². The van der Waals surface area contributed by atoms with Crippen molar-refractivity contribution in [3.8, 4) is 11.1 Å². The zero-order valence-corrected chi connectivity index (χ0v) is 23.3. The lowest BCUT2D eigenvalue weighted by molar-refractivity contribution is -0.192. The Morgan fingerprint density at radius 2 is 1.52 bits per heavy atom. The molecule has 224 valence electrons. The third kappa shape index (κ3) is 5.19. The quantitative estimate of drug-likeness (QED) is 0.313. The van der Waals surface area contributed by atoms with Crippen LogP contribution in [0, 0.1) is 11.8 Å². The Morgan fingerprint density at radius 1 is 0.976 bits per heavy atom. The fraction of sp³-hybridized carbons (Fsp3) is 0.433. The summed E-state index contributed by atoms with van der Waals surface area (Å²) in [5.41, 5.74) is 2.44. The normalized spacial score (nSPS) is 25.3. The number of halogens is 3. The van der Waals surface area contributed by atoms with E-state index in [1.54, 1.807) is 13.8 Å². The number of esters is 1. The molecular weight excluding hydrogens is 557 g/mol. The number of piperidine rings is 1. The lowest BCUT2D eigenvalue weighted by Crippen LogP contribution is -2.59. The Kier molecular flexibility index (Phi) is 8.58. The van der Waals surface area contributed by atoms with E-state index < -0.39 is 35.5 Å². The highest BCUT2D eigenvalue weighted by Crippen LogP contribution is 2.58. The van der Waals surface area contributed by atoms with E-state index >= 15 is 0 Å². The summed E-state index contributed by atoms with van der Waals surface area (Å²) in [7, 11) is 1.36. The number of alkyl halides is 3. The van der Waals surface area contributed by atoms with Crippen LogP contribution in [0.4, 0.5) is 13.2 Å². The number of benzene rings is 2. The van der Waals surface area contributed by atoms with Gasteiger partial charge < -0.3 is 9.84 Å². The molecule has 3 saturated heterocycles. The molecule has 1 N–H and O–H groups in total. The molecule has 0 unspecified atom stereocenters. The Morgan fingerprint density at radius 3 is 2.00 bits per heavy atom. The maximum atomic E-state index is 13.5. The van der Waals surface area contributed by atoms with Crippen LogP contribution in [0.25, 0.3) is 11.1 Å². The van der Waals surface area contributed by atoms with Gasteiger partial charge in [-0.1, -0.05) is 48.5 Å². The summed E-state index contributed by atoms with van der Waals surface area (Å²) < 4.78 is 37.0. The number of Topliss-reactive ketones (excluding diaryl/α,β-unsaturated/α-hetero) is 1. The molecule has 0 aliphatic carbocycles. The van der Waals surface area contributed by atoms with Crippen LogP contribution >= 0.6 is 0 Å². The van der Waals surface area contributed by atoms with Gasteiger partial charge in [0.2, 0.25) is 11.8 Å². The van der Waals surface area contributed by atoms with Crippen molar-refractivity contribution < 1.29 is 47.0 Å². The first kappa shape index (κ1) is 30.9. The molecule has 5 rings (SSSR count). The SMILES string of the molecule is CCN1C(=O)[C@H]2[C@@H](c3ccc(-c4ccc(C(C)=O)cc4)cc3)N3CCCC[C@@]3(C(=O)OC)[C@H]2C1=O.O=C(O)C(F)(F)F. The third-order valence-corrected chi connectivity index (χ3v) is 8.33. The molecular formula is C30H31F3N2O7. The molecule has 0 saturated carbocycles. The Labute approximate surface area is 240 Å². The van der Waals surface area contributed by atoms with Crippen molar-refractivity contribution in [1.82, 2.24) is 9.80 Å². The van der Waals surface area contributed by atoms with Gasteiger partial charge in [0, 0.05) is 18.2 Å². The van der Waals surface area contributed by atoms with Crippen LogP contribution in [0.1, 0.15) is 55.1 Å². The number of methoxy groups -OCH3 is 1. The first-order chi connectivity index (χ1) is 19.8. The van der Waals surface area contributed by atoms with Crippen molar-refractivity contribution in [1.29, 1.82) is 0 Å². The number of carbonyl (C=O) groups is 5. The van der Waals surface area contributed by atoms with Crippen LogP contribution in [0.3, 0.4) is 0 Å². The average Bonchev–Trinajstić information content (AvgIpc) is 3.42. The molecule has 9 nitrogen and oxygen atoms in total. The molecule has 0 radical (unpaired) electrons. The van der Waals surface area contributed by atoms with Crippen LogP contribution in [-0.4, -0.2) is 76.4 Å². The van der Waals surface area contributed by atoms with E-state index in [1.165, 1.54) is 12.0 Å². The fourth-order valence-corrected chi connectivity index (χ4v) is 6.50. The number of rotatable bonds is 5. The topological polar surface area (TPSA) is 121 Å². The minimum Gasteiger partial charge on any atom is -0.475 e. The molecule has 0 spiro atoms. The zero-order chi connectivity index (χ0) is 31.0. The molecule has 42 heavy (non-hydrogen) atoms. The third-order valence-electron chi connectivity index (χ3n) is 8.33. The van der Waals surface area contributed by atoms with Gasteiger partial charge >= 0.3 is 18.1 Å². The van der Waals surface area contributed by atoms with E-state index in [1.807, 2.05) is 48.5 Å². The highest BCUT2D eigenvalue weighted by atomic mass is 19.4. The van der Waals surface area contributed by atoms with Crippen molar-refractivity contribution in [2.24, 2.45) is 11.8 Å². The number of imide groups is 1. The molecule has 2 aromatic rings. The van der Waals surface area contributed by atoms with Crippen molar-refractivity contribution in [3.05, 3.63) is 59.7 Å². The highest BCUT2D eigenvalue weighted by Gasteiger charge is 2.72. The number of ketones is 1. The predicted molar refractivity (Wildman–Crippen MR) is 143 cm³/mol. The number of nitrogens with zero attached hydrogens (tertiary/aromatic N) is 2. The summed E-state index contributed by atoms with van der Waals surface area (Å²) in [6.07, 6.45) is -2.87. The molecule has 2 amide bonds. The number of carboxylic acid groups (broad SMARTS) is 1. The summed E-state index contributed by atoms with van der Waals surface area (Å²) in [5.74, 6) is -4.95. The maximum absolute atomic E-state index is 13.5. The van der Waals surface area contributed by atoms with Crippen LogP contribution < -0.4 is 0 Å². The highest BCUT2D eigenvalue weighted by molar-refractivity contribution is 6.09. The Hall–Kier alpha value is -4.06. The molecule has 3 aliphatic rings. The summed E-state index contributed by atoms with van der Waals surface area (Å²) >= 11 is 0. The number of ether oxygens (including phenoxy) is 1. The molecule has 2 aromatic carbocycles. The van der Waals surface area contributed by atoms with E-state index in [0.29, 0.717) is 25.1 Å². The summed E-state index contributed by atoms with van der Waals surface area (Å²) in [5, 5.41) is 7.12. The first-order valence-corrected chi connectivity index (χ1v) is 13.5. The van der Waals surface area contributed by atoms with Crippen molar-refractivity contribution in [3.63, 3.8) is 0 Å². The smallest absolute Gasteiger partial charge is 0.475 e. The largest absolute Gasteiger partial charge is 0.490 e. The van der Waals surface area contributed by atoms with E-state index in [0.717, 1.165) is 29.5 Å². The first-order valence-electron chi connectivity index (χ1n) is 13.5. The average molecular weight is 589 g/mol. The van der Waals surface area contributed by atoms with Gasteiger partial charge in [-0.3, -0.25) is 29.0 Å². The molecule has 0 bridgehead atoms. The van der Waals surface area contributed by atoms with Crippen LogP contribution in [0.15, 0.2) is 48.5 Å². The number of hydrogen-bond acceptors (Lipinski definition) is 7. The standard InChI is InChI=1S/C28H30N2O5.C2HF3O2/c1-4-29-25(32)22-23(26(29)33)28(27(34)35-3)15-5-6-16-30(28)24(22)21-13-11-20(12-14-21)19-9-7-18(8-10-19)17(2)31;3-2(4,5)1(6)7/h7-14,22-24H,4-6,15-16H2,1-3H3;(H,6,7)/t22-,23-,24-,28+;/m1./s1. The second kappa shape index (κ2) is 11.7.